The minimum Gasteiger partial charge on any atom is -0.396 e. The van der Waals surface area contributed by atoms with Crippen molar-refractivity contribution >= 4 is 17.3 Å². The molecule has 0 radical (unpaired) electrons. The smallest absolute Gasteiger partial charge is 0.221 e. The number of nitrogens with one attached hydrogen (secondary N) is 2. The zero-order valence-corrected chi connectivity index (χ0v) is 10.1. The highest BCUT2D eigenvalue weighted by Gasteiger charge is 2.22. The molecule has 0 bridgehead atoms. The van der Waals surface area contributed by atoms with Crippen LogP contribution in [0.5, 0.6) is 0 Å². The molecule has 1 amide bonds. The molecule has 1 aliphatic rings. The van der Waals surface area contributed by atoms with E-state index in [-0.39, 0.29) is 5.91 Å². The van der Waals surface area contributed by atoms with Crippen molar-refractivity contribution in [1.82, 2.24) is 5.32 Å². The highest BCUT2D eigenvalue weighted by Crippen LogP contribution is 2.22. The van der Waals surface area contributed by atoms with Gasteiger partial charge in [0.1, 0.15) is 6.07 Å². The first kappa shape index (κ1) is 12.2. The monoisotopic (exact) mass is 244 g/mol. The number of nitrogens with zero attached hydrogens (tertiary/aromatic N) is 1. The molecule has 1 aromatic rings. The van der Waals surface area contributed by atoms with Crippen LogP contribution in [0, 0.1) is 11.3 Å². The Labute approximate surface area is 106 Å². The van der Waals surface area contributed by atoms with Crippen LogP contribution >= 0.6 is 0 Å². The van der Waals surface area contributed by atoms with Crippen molar-refractivity contribution in [3.8, 4) is 6.07 Å². The maximum Gasteiger partial charge on any atom is 0.221 e. The largest absolute Gasteiger partial charge is 0.396 e. The van der Waals surface area contributed by atoms with Gasteiger partial charge in [-0.05, 0) is 25.0 Å². The SMILES string of the molecule is N#Cc1cccc(NCCC(=O)NC2CC2)c1N. The van der Waals surface area contributed by atoms with E-state index in [1.807, 2.05) is 6.07 Å². The average Bonchev–Trinajstić information content (AvgIpc) is 3.15. The van der Waals surface area contributed by atoms with Crippen LogP contribution in [-0.4, -0.2) is 18.5 Å². The number of anilines is 2. The van der Waals surface area contributed by atoms with Gasteiger partial charge in [-0.15, -0.1) is 0 Å². The van der Waals surface area contributed by atoms with Gasteiger partial charge in [-0.1, -0.05) is 6.07 Å². The van der Waals surface area contributed by atoms with Crippen LogP contribution in [0.25, 0.3) is 0 Å². The Morgan fingerprint density at radius 1 is 1.50 bits per heavy atom. The highest BCUT2D eigenvalue weighted by molar-refractivity contribution is 5.78. The predicted molar refractivity (Wildman–Crippen MR) is 69.8 cm³/mol. The van der Waals surface area contributed by atoms with Crippen molar-refractivity contribution in [2.75, 3.05) is 17.6 Å². The lowest BCUT2D eigenvalue weighted by molar-refractivity contribution is -0.120. The topological polar surface area (TPSA) is 90.9 Å². The van der Waals surface area contributed by atoms with Crippen LogP contribution in [0.3, 0.4) is 0 Å². The first-order chi connectivity index (χ1) is 8.70. The number of hydrogen-bond acceptors (Lipinski definition) is 4. The molecule has 1 aromatic carbocycles. The number of hydrogen-bond donors (Lipinski definition) is 3. The third-order valence-electron chi connectivity index (χ3n) is 2.84. The van der Waals surface area contributed by atoms with Crippen molar-refractivity contribution in [2.45, 2.75) is 25.3 Å². The van der Waals surface area contributed by atoms with Gasteiger partial charge in [-0.2, -0.15) is 5.26 Å². The number of rotatable bonds is 5. The van der Waals surface area contributed by atoms with Gasteiger partial charge >= 0.3 is 0 Å². The Balaban J connectivity index is 1.82. The Morgan fingerprint density at radius 3 is 2.94 bits per heavy atom. The number of nitrogens with two attached hydrogens (primary N) is 1. The average molecular weight is 244 g/mol. The third-order valence-corrected chi connectivity index (χ3v) is 2.84. The molecule has 5 nitrogen and oxygen atoms in total. The van der Waals surface area contributed by atoms with Crippen molar-refractivity contribution in [3.63, 3.8) is 0 Å². The second-order valence-corrected chi connectivity index (χ2v) is 4.40. The van der Waals surface area contributed by atoms with Crippen LogP contribution in [0.2, 0.25) is 0 Å². The summed E-state index contributed by atoms with van der Waals surface area (Å²) in [5.74, 6) is 0.0556. The zero-order chi connectivity index (χ0) is 13.0. The second-order valence-electron chi connectivity index (χ2n) is 4.40. The van der Waals surface area contributed by atoms with Gasteiger partial charge in [-0.3, -0.25) is 4.79 Å². The summed E-state index contributed by atoms with van der Waals surface area (Å²) >= 11 is 0. The van der Waals surface area contributed by atoms with Crippen molar-refractivity contribution < 1.29 is 4.79 Å². The molecule has 0 saturated heterocycles. The van der Waals surface area contributed by atoms with Crippen LogP contribution in [0.4, 0.5) is 11.4 Å². The summed E-state index contributed by atoms with van der Waals surface area (Å²) in [5.41, 5.74) is 7.40. The molecule has 1 aliphatic carbocycles. The van der Waals surface area contributed by atoms with Crippen LogP contribution in [-0.2, 0) is 4.79 Å². The van der Waals surface area contributed by atoms with Gasteiger partial charge in [-0.25, -0.2) is 0 Å². The van der Waals surface area contributed by atoms with E-state index in [2.05, 4.69) is 10.6 Å². The van der Waals surface area contributed by atoms with Gasteiger partial charge in [0.2, 0.25) is 5.91 Å². The Bertz CT molecular complexity index is 488. The number of nitrogen functional groups attached to an aromatic ring is 1. The summed E-state index contributed by atoms with van der Waals surface area (Å²) < 4.78 is 0. The minimum absolute atomic E-state index is 0.0556. The fourth-order valence-corrected chi connectivity index (χ4v) is 1.66. The molecule has 0 aliphatic heterocycles. The van der Waals surface area contributed by atoms with Crippen molar-refractivity contribution in [3.05, 3.63) is 23.8 Å². The lowest BCUT2D eigenvalue weighted by atomic mass is 10.1. The molecule has 0 unspecified atom stereocenters. The van der Waals surface area contributed by atoms with Crippen LogP contribution in [0.1, 0.15) is 24.8 Å². The molecule has 0 heterocycles. The van der Waals surface area contributed by atoms with E-state index >= 15 is 0 Å². The summed E-state index contributed by atoms with van der Waals surface area (Å²) in [6, 6.07) is 7.65. The molecule has 18 heavy (non-hydrogen) atoms. The first-order valence-electron chi connectivity index (χ1n) is 6.02. The Hall–Kier alpha value is -2.22. The van der Waals surface area contributed by atoms with E-state index in [1.54, 1.807) is 18.2 Å². The van der Waals surface area contributed by atoms with E-state index in [0.29, 0.717) is 35.9 Å². The minimum atomic E-state index is 0.0556. The zero-order valence-electron chi connectivity index (χ0n) is 10.1. The number of carbonyl (C=O) groups is 1. The third kappa shape index (κ3) is 3.14. The number of nitriles is 1. The summed E-state index contributed by atoms with van der Waals surface area (Å²) in [4.78, 5) is 11.5. The fraction of sp³-hybridized carbons (Fsp3) is 0.385. The Kier molecular flexibility index (Phi) is 3.68. The van der Waals surface area contributed by atoms with Crippen LogP contribution in [0.15, 0.2) is 18.2 Å². The molecule has 5 heteroatoms. The van der Waals surface area contributed by atoms with E-state index in [4.69, 9.17) is 11.0 Å². The molecule has 0 atom stereocenters. The number of para-hydroxylation sites is 1. The summed E-state index contributed by atoms with van der Waals surface area (Å²) in [5, 5.41) is 14.8. The molecule has 1 fully saturated rings. The molecule has 0 spiro atoms. The van der Waals surface area contributed by atoms with Crippen molar-refractivity contribution in [1.29, 1.82) is 5.26 Å². The second kappa shape index (κ2) is 5.41. The van der Waals surface area contributed by atoms with E-state index in [1.165, 1.54) is 0 Å². The summed E-state index contributed by atoms with van der Waals surface area (Å²) in [6.07, 6.45) is 2.60. The van der Waals surface area contributed by atoms with Gasteiger partial charge in [0, 0.05) is 19.0 Å². The maximum absolute atomic E-state index is 11.5. The van der Waals surface area contributed by atoms with E-state index in [0.717, 1.165) is 12.8 Å². The van der Waals surface area contributed by atoms with Gasteiger partial charge in [0.05, 0.1) is 16.9 Å². The lowest BCUT2D eigenvalue weighted by Crippen LogP contribution is -2.27. The maximum atomic E-state index is 11.5. The molecular formula is C13H16N4O. The fourth-order valence-electron chi connectivity index (χ4n) is 1.66. The molecule has 1 saturated carbocycles. The molecule has 0 aromatic heterocycles. The molecule has 94 valence electrons. The van der Waals surface area contributed by atoms with Crippen molar-refractivity contribution in [2.24, 2.45) is 0 Å². The summed E-state index contributed by atoms with van der Waals surface area (Å²) in [6.45, 7) is 0.512. The standard InChI is InChI=1S/C13H16N4O/c14-8-9-2-1-3-11(13(9)15)16-7-6-12(18)17-10-4-5-10/h1-3,10,16H,4-7,15H2,(H,17,18). The number of carbonyl (C=O) groups excluding carboxylic acids is 1. The van der Waals surface area contributed by atoms with E-state index < -0.39 is 0 Å². The molecule has 2 rings (SSSR count). The molecular weight excluding hydrogens is 228 g/mol. The normalized spacial score (nSPS) is 13.7. The van der Waals surface area contributed by atoms with Crippen LogP contribution < -0.4 is 16.4 Å². The van der Waals surface area contributed by atoms with Gasteiger partial charge in [0.15, 0.2) is 0 Å². The van der Waals surface area contributed by atoms with Gasteiger partial charge < -0.3 is 16.4 Å². The van der Waals surface area contributed by atoms with E-state index in [9.17, 15) is 4.79 Å². The Morgan fingerprint density at radius 2 is 2.28 bits per heavy atom. The highest BCUT2D eigenvalue weighted by atomic mass is 16.1. The summed E-state index contributed by atoms with van der Waals surface area (Å²) in [7, 11) is 0. The lowest BCUT2D eigenvalue weighted by Gasteiger charge is -2.10. The number of amides is 1. The van der Waals surface area contributed by atoms with Gasteiger partial charge in [0.25, 0.3) is 0 Å². The molecule has 4 N–H and O–H groups in total. The quantitative estimate of drug-likeness (QED) is 0.679. The first-order valence-corrected chi connectivity index (χ1v) is 6.02. The number of benzene rings is 1. The predicted octanol–water partition coefficient (Wildman–Crippen LogP) is 1.22.